The fourth-order valence-corrected chi connectivity index (χ4v) is 5.37. The number of sulfone groups is 1. The number of aromatic nitrogens is 3. The molecule has 2 atom stereocenters. The first-order valence-electron chi connectivity index (χ1n) is 12.9. The lowest BCUT2D eigenvalue weighted by Crippen LogP contribution is -2.48. The first-order chi connectivity index (χ1) is 19.6. The van der Waals surface area contributed by atoms with Gasteiger partial charge in [0, 0.05) is 30.3 Å². The van der Waals surface area contributed by atoms with Crippen LogP contribution in [-0.4, -0.2) is 48.0 Å². The van der Waals surface area contributed by atoms with Crippen LogP contribution in [0.3, 0.4) is 0 Å². The average molecular weight is 598 g/mol. The summed E-state index contributed by atoms with van der Waals surface area (Å²) in [4.78, 5) is 13.5. The normalized spacial score (nSPS) is 17.4. The number of ether oxygens (including phenoxy) is 2. The number of pyridine rings is 1. The molecule has 0 amide bonds. The standard InChI is InChI=1S/C29H29ClFN5O4S/c1-19(32-10-12-41(2,37)38)29(9-4-11-40-29)27-15-23-25(16-33-27)34-18-35-28(23)36-22-7-8-26(24(30)14-22)39-17-20-5-3-6-21(31)13-20/h3-8,11,13-16,18-19,32H,9-10,12,17H2,1-2H3,(H,34,35,36). The zero-order chi connectivity index (χ0) is 29.0. The minimum absolute atomic E-state index is 0.0189. The van der Waals surface area contributed by atoms with Crippen LogP contribution in [0.15, 0.2) is 73.4 Å². The van der Waals surface area contributed by atoms with Crippen molar-refractivity contribution in [2.24, 2.45) is 0 Å². The van der Waals surface area contributed by atoms with E-state index in [0.717, 1.165) is 5.39 Å². The van der Waals surface area contributed by atoms with Gasteiger partial charge in [0.25, 0.3) is 0 Å². The second-order valence-electron chi connectivity index (χ2n) is 9.89. The topological polar surface area (TPSA) is 115 Å². The van der Waals surface area contributed by atoms with Crippen molar-refractivity contribution in [3.8, 4) is 5.75 Å². The van der Waals surface area contributed by atoms with Gasteiger partial charge in [-0.3, -0.25) is 4.98 Å². The number of benzene rings is 2. The molecule has 0 saturated heterocycles. The lowest BCUT2D eigenvalue weighted by Gasteiger charge is -2.35. The van der Waals surface area contributed by atoms with Crippen LogP contribution in [0.4, 0.5) is 15.9 Å². The third kappa shape index (κ3) is 6.75. The second-order valence-corrected chi connectivity index (χ2v) is 12.6. The SMILES string of the molecule is CC(NCCS(C)(=O)=O)C1(c2cc3c(Nc4ccc(OCc5cccc(F)c5)c(Cl)c4)ncnc3cn2)CC=CO1. The molecule has 2 N–H and O–H groups in total. The lowest BCUT2D eigenvalue weighted by atomic mass is 9.87. The van der Waals surface area contributed by atoms with Crippen LogP contribution >= 0.6 is 11.6 Å². The molecule has 12 heteroatoms. The molecule has 214 valence electrons. The largest absolute Gasteiger partial charge is 0.487 e. The van der Waals surface area contributed by atoms with Gasteiger partial charge in [-0.15, -0.1) is 0 Å². The number of halogens is 2. The Labute approximate surface area is 242 Å². The van der Waals surface area contributed by atoms with Crippen molar-refractivity contribution < 1.29 is 22.3 Å². The molecule has 2 aromatic carbocycles. The summed E-state index contributed by atoms with van der Waals surface area (Å²) in [5.41, 5.74) is 1.83. The highest BCUT2D eigenvalue weighted by Gasteiger charge is 2.42. The Bertz CT molecular complexity index is 1690. The molecule has 0 bridgehead atoms. The Balaban J connectivity index is 1.37. The predicted molar refractivity (Wildman–Crippen MR) is 156 cm³/mol. The van der Waals surface area contributed by atoms with Crippen LogP contribution < -0.4 is 15.4 Å². The highest BCUT2D eigenvalue weighted by molar-refractivity contribution is 7.90. The van der Waals surface area contributed by atoms with Gasteiger partial charge in [0.1, 0.15) is 40.2 Å². The molecule has 0 radical (unpaired) electrons. The fourth-order valence-electron chi connectivity index (χ4n) is 4.64. The van der Waals surface area contributed by atoms with Crippen LogP contribution in [0.2, 0.25) is 5.02 Å². The molecule has 0 spiro atoms. The molecule has 2 aromatic heterocycles. The molecule has 4 aromatic rings. The van der Waals surface area contributed by atoms with Crippen molar-refractivity contribution in [3.63, 3.8) is 0 Å². The number of fused-ring (bicyclic) bond motifs is 1. The highest BCUT2D eigenvalue weighted by Crippen LogP contribution is 2.39. The number of hydrogen-bond acceptors (Lipinski definition) is 9. The average Bonchev–Trinajstić information content (AvgIpc) is 3.43. The first kappa shape index (κ1) is 28.7. The van der Waals surface area contributed by atoms with E-state index in [4.69, 9.17) is 21.1 Å². The lowest BCUT2D eigenvalue weighted by molar-refractivity contribution is 0.00504. The zero-order valence-electron chi connectivity index (χ0n) is 22.5. The second kappa shape index (κ2) is 12.0. The van der Waals surface area contributed by atoms with E-state index < -0.39 is 15.4 Å². The molecule has 2 unspecified atom stereocenters. The first-order valence-corrected chi connectivity index (χ1v) is 15.4. The van der Waals surface area contributed by atoms with Gasteiger partial charge in [-0.05, 0) is 55.0 Å². The molecule has 41 heavy (non-hydrogen) atoms. The molecule has 1 aliphatic heterocycles. The van der Waals surface area contributed by atoms with Gasteiger partial charge in [0.05, 0.1) is 40.5 Å². The molecule has 0 fully saturated rings. The van der Waals surface area contributed by atoms with Crippen molar-refractivity contribution >= 4 is 43.8 Å². The Hall–Kier alpha value is -3.80. The maximum atomic E-state index is 13.5. The number of nitrogens with one attached hydrogen (secondary N) is 2. The zero-order valence-corrected chi connectivity index (χ0v) is 24.0. The van der Waals surface area contributed by atoms with Crippen molar-refractivity contribution in [2.45, 2.75) is 31.6 Å². The van der Waals surface area contributed by atoms with E-state index in [1.54, 1.807) is 36.7 Å². The van der Waals surface area contributed by atoms with Crippen LogP contribution in [0.5, 0.6) is 5.75 Å². The maximum Gasteiger partial charge on any atom is 0.168 e. The van der Waals surface area contributed by atoms with Crippen LogP contribution in [0, 0.1) is 5.82 Å². The third-order valence-corrected chi connectivity index (χ3v) is 8.09. The Morgan fingerprint density at radius 2 is 2.02 bits per heavy atom. The van der Waals surface area contributed by atoms with Gasteiger partial charge in [0.2, 0.25) is 0 Å². The summed E-state index contributed by atoms with van der Waals surface area (Å²) in [5, 5.41) is 7.68. The minimum atomic E-state index is -3.11. The predicted octanol–water partition coefficient (Wildman–Crippen LogP) is 5.29. The van der Waals surface area contributed by atoms with Crippen LogP contribution in [0.1, 0.15) is 24.6 Å². The molecule has 1 aliphatic rings. The smallest absolute Gasteiger partial charge is 0.168 e. The Kier molecular flexibility index (Phi) is 8.39. The summed E-state index contributed by atoms with van der Waals surface area (Å²) in [6, 6.07) is 13.1. The summed E-state index contributed by atoms with van der Waals surface area (Å²) in [5.74, 6) is 0.699. The van der Waals surface area contributed by atoms with Gasteiger partial charge < -0.3 is 20.1 Å². The molecular weight excluding hydrogens is 569 g/mol. The summed E-state index contributed by atoms with van der Waals surface area (Å²) < 4.78 is 48.6. The van der Waals surface area contributed by atoms with Crippen molar-refractivity contribution in [3.05, 3.63) is 95.5 Å². The fraction of sp³-hybridized carbons (Fsp3) is 0.276. The summed E-state index contributed by atoms with van der Waals surface area (Å²) in [6.07, 6.45) is 8.44. The third-order valence-electron chi connectivity index (χ3n) is 6.85. The minimum Gasteiger partial charge on any atom is -0.487 e. The quantitative estimate of drug-likeness (QED) is 0.238. The van der Waals surface area contributed by atoms with E-state index in [0.29, 0.717) is 45.5 Å². The van der Waals surface area contributed by atoms with Gasteiger partial charge in [-0.2, -0.15) is 0 Å². The number of rotatable bonds is 11. The van der Waals surface area contributed by atoms with Gasteiger partial charge >= 0.3 is 0 Å². The van der Waals surface area contributed by atoms with E-state index in [9.17, 15) is 12.8 Å². The van der Waals surface area contributed by atoms with Crippen molar-refractivity contribution in [2.75, 3.05) is 23.9 Å². The molecule has 9 nitrogen and oxygen atoms in total. The molecule has 0 saturated carbocycles. The Morgan fingerprint density at radius 3 is 2.76 bits per heavy atom. The highest BCUT2D eigenvalue weighted by atomic mass is 35.5. The van der Waals surface area contributed by atoms with E-state index >= 15 is 0 Å². The molecule has 5 rings (SSSR count). The molecule has 3 heterocycles. The monoisotopic (exact) mass is 597 g/mol. The van der Waals surface area contributed by atoms with Crippen molar-refractivity contribution in [1.29, 1.82) is 0 Å². The van der Waals surface area contributed by atoms with Gasteiger partial charge in [-0.25, -0.2) is 22.8 Å². The Morgan fingerprint density at radius 1 is 1.17 bits per heavy atom. The van der Waals surface area contributed by atoms with Crippen LogP contribution in [0.25, 0.3) is 10.9 Å². The van der Waals surface area contributed by atoms with E-state index in [2.05, 4.69) is 25.6 Å². The van der Waals surface area contributed by atoms with Gasteiger partial charge in [0.15, 0.2) is 5.60 Å². The maximum absolute atomic E-state index is 13.5. The number of hydrogen-bond donors (Lipinski definition) is 2. The van der Waals surface area contributed by atoms with E-state index in [1.807, 2.05) is 25.1 Å². The summed E-state index contributed by atoms with van der Waals surface area (Å²) in [6.45, 7) is 2.41. The number of anilines is 2. The van der Waals surface area contributed by atoms with E-state index in [1.165, 1.54) is 24.7 Å². The van der Waals surface area contributed by atoms with Crippen LogP contribution in [-0.2, 0) is 26.8 Å². The summed E-state index contributed by atoms with van der Waals surface area (Å²) in [7, 11) is -3.11. The van der Waals surface area contributed by atoms with Gasteiger partial charge in [-0.1, -0.05) is 23.7 Å². The molecular formula is C29H29ClFN5O4S. The van der Waals surface area contributed by atoms with Crippen molar-refractivity contribution in [1.82, 2.24) is 20.3 Å². The number of nitrogens with zero attached hydrogens (tertiary/aromatic N) is 3. The molecule has 0 aliphatic carbocycles. The summed E-state index contributed by atoms with van der Waals surface area (Å²) >= 11 is 6.50. The van der Waals surface area contributed by atoms with E-state index in [-0.39, 0.29) is 30.8 Å².